The summed E-state index contributed by atoms with van der Waals surface area (Å²) in [7, 11) is 0. The molecule has 0 unspecified atom stereocenters. The van der Waals surface area contributed by atoms with E-state index in [1.807, 2.05) is 18.2 Å². The molecule has 20 heavy (non-hydrogen) atoms. The van der Waals surface area contributed by atoms with Crippen LogP contribution < -0.4 is 10.5 Å². The molecule has 0 radical (unpaired) electrons. The van der Waals surface area contributed by atoms with Crippen LogP contribution in [0.1, 0.15) is 24.5 Å². The Labute approximate surface area is 127 Å². The fourth-order valence-electron chi connectivity index (χ4n) is 1.94. The first-order valence-electron chi connectivity index (χ1n) is 6.51. The molecule has 0 heterocycles. The van der Waals surface area contributed by atoms with E-state index in [1.54, 1.807) is 12.1 Å². The lowest BCUT2D eigenvalue weighted by Crippen LogP contribution is -2.12. The molecule has 3 N–H and O–H groups in total. The Bertz CT molecular complexity index is 608. The molecule has 3 nitrogen and oxygen atoms in total. The minimum atomic E-state index is -0.0103. The lowest BCUT2D eigenvalue weighted by atomic mass is 10.1. The molecule has 0 aromatic heterocycles. The summed E-state index contributed by atoms with van der Waals surface area (Å²) in [5.74, 6) is 1.32. The molecule has 0 aliphatic rings. The van der Waals surface area contributed by atoms with Crippen molar-refractivity contribution in [2.75, 3.05) is 0 Å². The molecule has 2 aromatic carbocycles. The molecule has 0 aliphatic heterocycles. The molecule has 0 amide bonds. The highest BCUT2D eigenvalue weighted by molar-refractivity contribution is 9.10. The molecular weight excluding hydrogens is 316 g/mol. The van der Waals surface area contributed by atoms with E-state index in [0.717, 1.165) is 23.1 Å². The molecule has 4 heteroatoms. The average Bonchev–Trinajstić information content (AvgIpc) is 2.43. The van der Waals surface area contributed by atoms with Crippen molar-refractivity contribution in [1.82, 2.24) is 0 Å². The number of nitrogen functional groups attached to an aromatic ring is 1. The van der Waals surface area contributed by atoms with Crippen LogP contribution in [-0.2, 0) is 6.42 Å². The van der Waals surface area contributed by atoms with E-state index < -0.39 is 0 Å². The Morgan fingerprint density at radius 1 is 1.20 bits per heavy atom. The molecular formula is C16H17BrN2O. The average molecular weight is 333 g/mol. The molecule has 0 aliphatic carbocycles. The number of nitrogens with two attached hydrogens (primary N) is 1. The van der Waals surface area contributed by atoms with Gasteiger partial charge in [0.05, 0.1) is 5.56 Å². The van der Waals surface area contributed by atoms with Gasteiger partial charge >= 0.3 is 0 Å². The number of rotatable bonds is 5. The van der Waals surface area contributed by atoms with Crippen LogP contribution in [0.25, 0.3) is 0 Å². The molecule has 0 fully saturated rings. The maximum absolute atomic E-state index is 7.60. The summed E-state index contributed by atoms with van der Waals surface area (Å²) >= 11 is 3.37. The Morgan fingerprint density at radius 2 is 1.90 bits per heavy atom. The lowest BCUT2D eigenvalue weighted by Gasteiger charge is -2.11. The third-order valence-electron chi connectivity index (χ3n) is 2.92. The summed E-state index contributed by atoms with van der Waals surface area (Å²) < 4.78 is 6.69. The van der Waals surface area contributed by atoms with Crippen LogP contribution in [0.2, 0.25) is 0 Å². The van der Waals surface area contributed by atoms with Crippen LogP contribution in [0.3, 0.4) is 0 Å². The van der Waals surface area contributed by atoms with Crippen molar-refractivity contribution < 1.29 is 4.74 Å². The van der Waals surface area contributed by atoms with Gasteiger partial charge in [-0.25, -0.2) is 0 Å². The first-order chi connectivity index (χ1) is 9.60. The summed E-state index contributed by atoms with van der Waals surface area (Å²) in [6.45, 7) is 2.16. The predicted octanol–water partition coefficient (Wildman–Crippen LogP) is 4.48. The Balaban J connectivity index is 2.23. The van der Waals surface area contributed by atoms with Gasteiger partial charge in [0.25, 0.3) is 0 Å². The fraction of sp³-hybridized carbons (Fsp3) is 0.188. The normalized spacial score (nSPS) is 10.3. The second-order valence-electron chi connectivity index (χ2n) is 4.55. The van der Waals surface area contributed by atoms with Gasteiger partial charge in [0.1, 0.15) is 17.3 Å². The zero-order chi connectivity index (χ0) is 14.5. The highest BCUT2D eigenvalue weighted by atomic mass is 79.9. The standard InChI is InChI=1S/C16H17BrN2O/c1-2-3-11-4-7-13(8-5-11)20-15-9-6-12(17)10-14(15)16(18)19/h4-10H,2-3H2,1H3,(H3,18,19). The largest absolute Gasteiger partial charge is 0.457 e. The van der Waals surface area contributed by atoms with E-state index in [4.69, 9.17) is 15.9 Å². The van der Waals surface area contributed by atoms with Gasteiger partial charge in [-0.05, 0) is 42.3 Å². The summed E-state index contributed by atoms with van der Waals surface area (Å²) in [5.41, 5.74) is 7.46. The predicted molar refractivity (Wildman–Crippen MR) is 85.7 cm³/mol. The molecule has 0 saturated heterocycles. The zero-order valence-corrected chi connectivity index (χ0v) is 12.9. The van der Waals surface area contributed by atoms with Gasteiger partial charge in [0.2, 0.25) is 0 Å². The van der Waals surface area contributed by atoms with Crippen LogP contribution in [0, 0.1) is 5.41 Å². The second-order valence-corrected chi connectivity index (χ2v) is 5.47. The molecule has 0 saturated carbocycles. The maximum atomic E-state index is 7.60. The first kappa shape index (κ1) is 14.6. The Hall–Kier alpha value is -1.81. The number of hydrogen-bond acceptors (Lipinski definition) is 2. The van der Waals surface area contributed by atoms with Gasteiger partial charge in [-0.2, -0.15) is 0 Å². The number of benzene rings is 2. The Kier molecular flexibility index (Phi) is 4.79. The summed E-state index contributed by atoms with van der Waals surface area (Å²) in [6.07, 6.45) is 2.19. The van der Waals surface area contributed by atoms with Crippen LogP contribution in [-0.4, -0.2) is 5.84 Å². The second kappa shape index (κ2) is 6.57. The van der Waals surface area contributed by atoms with Gasteiger partial charge in [0.15, 0.2) is 0 Å². The van der Waals surface area contributed by atoms with Crippen molar-refractivity contribution in [3.63, 3.8) is 0 Å². The van der Waals surface area contributed by atoms with Gasteiger partial charge in [0, 0.05) is 4.47 Å². The van der Waals surface area contributed by atoms with Gasteiger partial charge in [-0.15, -0.1) is 0 Å². The lowest BCUT2D eigenvalue weighted by molar-refractivity contribution is 0.481. The smallest absolute Gasteiger partial charge is 0.138 e. The quantitative estimate of drug-likeness (QED) is 0.626. The molecule has 0 spiro atoms. The van der Waals surface area contributed by atoms with E-state index in [1.165, 1.54) is 5.56 Å². The molecule has 2 rings (SSSR count). The number of amidine groups is 1. The van der Waals surface area contributed by atoms with Crippen LogP contribution >= 0.6 is 15.9 Å². The van der Waals surface area contributed by atoms with E-state index in [-0.39, 0.29) is 5.84 Å². The number of halogens is 1. The number of ether oxygens (including phenoxy) is 1. The van der Waals surface area contributed by atoms with Crippen LogP contribution in [0.5, 0.6) is 11.5 Å². The van der Waals surface area contributed by atoms with E-state index >= 15 is 0 Å². The van der Waals surface area contributed by atoms with Crippen molar-refractivity contribution in [2.24, 2.45) is 5.73 Å². The zero-order valence-electron chi connectivity index (χ0n) is 11.3. The third-order valence-corrected chi connectivity index (χ3v) is 3.41. The number of hydrogen-bond donors (Lipinski definition) is 2. The third kappa shape index (κ3) is 3.61. The van der Waals surface area contributed by atoms with Crippen molar-refractivity contribution in [2.45, 2.75) is 19.8 Å². The number of nitrogens with one attached hydrogen (secondary N) is 1. The molecule has 0 atom stereocenters. The summed E-state index contributed by atoms with van der Waals surface area (Å²) in [6, 6.07) is 13.5. The van der Waals surface area contributed by atoms with Crippen LogP contribution in [0.15, 0.2) is 46.9 Å². The van der Waals surface area contributed by atoms with Crippen LogP contribution in [0.4, 0.5) is 0 Å². The fourth-order valence-corrected chi connectivity index (χ4v) is 2.30. The van der Waals surface area contributed by atoms with E-state index in [9.17, 15) is 0 Å². The van der Waals surface area contributed by atoms with Crippen molar-refractivity contribution >= 4 is 21.8 Å². The van der Waals surface area contributed by atoms with E-state index in [2.05, 4.69) is 35.0 Å². The minimum Gasteiger partial charge on any atom is -0.457 e. The topological polar surface area (TPSA) is 59.1 Å². The van der Waals surface area contributed by atoms with Gasteiger partial charge in [-0.3, -0.25) is 5.41 Å². The summed E-state index contributed by atoms with van der Waals surface area (Å²) in [5, 5.41) is 7.60. The molecule has 2 aromatic rings. The number of aryl methyl sites for hydroxylation is 1. The summed E-state index contributed by atoms with van der Waals surface area (Å²) in [4.78, 5) is 0. The highest BCUT2D eigenvalue weighted by Gasteiger charge is 2.08. The highest BCUT2D eigenvalue weighted by Crippen LogP contribution is 2.28. The first-order valence-corrected chi connectivity index (χ1v) is 7.30. The van der Waals surface area contributed by atoms with Crippen molar-refractivity contribution in [3.05, 3.63) is 58.1 Å². The van der Waals surface area contributed by atoms with Gasteiger partial charge < -0.3 is 10.5 Å². The van der Waals surface area contributed by atoms with Crippen molar-refractivity contribution in [1.29, 1.82) is 5.41 Å². The maximum Gasteiger partial charge on any atom is 0.138 e. The Morgan fingerprint density at radius 3 is 2.50 bits per heavy atom. The van der Waals surface area contributed by atoms with E-state index in [0.29, 0.717) is 11.3 Å². The molecule has 0 bridgehead atoms. The minimum absolute atomic E-state index is 0.0103. The van der Waals surface area contributed by atoms with Crippen molar-refractivity contribution in [3.8, 4) is 11.5 Å². The molecule has 104 valence electrons. The SMILES string of the molecule is CCCc1ccc(Oc2ccc(Br)cc2C(=N)N)cc1. The monoisotopic (exact) mass is 332 g/mol. The van der Waals surface area contributed by atoms with Gasteiger partial charge in [-0.1, -0.05) is 41.4 Å².